The van der Waals surface area contributed by atoms with Crippen molar-refractivity contribution < 1.29 is 14.7 Å². The van der Waals surface area contributed by atoms with Crippen molar-refractivity contribution in [3.8, 4) is 11.3 Å². The molecule has 2 N–H and O–H groups in total. The van der Waals surface area contributed by atoms with Gasteiger partial charge in [0.2, 0.25) is 0 Å². The van der Waals surface area contributed by atoms with Crippen molar-refractivity contribution in [2.24, 2.45) is 0 Å². The molecule has 0 unspecified atom stereocenters. The lowest BCUT2D eigenvalue weighted by atomic mass is 10.1. The van der Waals surface area contributed by atoms with E-state index < -0.39 is 18.4 Å². The van der Waals surface area contributed by atoms with E-state index >= 15 is 0 Å². The molecule has 0 spiro atoms. The zero-order valence-corrected chi connectivity index (χ0v) is 15.8. The van der Waals surface area contributed by atoms with Crippen molar-refractivity contribution in [2.45, 2.75) is 33.7 Å². The number of fused-ring (bicyclic) bond motifs is 1. The zero-order valence-electron chi connectivity index (χ0n) is 15.0. The summed E-state index contributed by atoms with van der Waals surface area (Å²) in [6.45, 7) is 7.59. The van der Waals surface area contributed by atoms with Crippen LogP contribution in [0.1, 0.15) is 40.0 Å². The number of nitrogens with zero attached hydrogens (tertiary/aromatic N) is 3. The molecule has 0 aliphatic carbocycles. The third kappa shape index (κ3) is 3.32. The first kappa shape index (κ1) is 18.1. The van der Waals surface area contributed by atoms with Gasteiger partial charge in [0.25, 0.3) is 5.91 Å². The van der Waals surface area contributed by atoms with Gasteiger partial charge in [0.05, 0.1) is 22.8 Å². The van der Waals surface area contributed by atoms with Crippen LogP contribution in [0.3, 0.4) is 0 Å². The van der Waals surface area contributed by atoms with Crippen molar-refractivity contribution in [2.75, 3.05) is 6.54 Å². The molecule has 0 fully saturated rings. The molecule has 0 atom stereocenters. The van der Waals surface area contributed by atoms with Crippen LogP contribution in [0, 0.1) is 13.8 Å². The van der Waals surface area contributed by atoms with E-state index in [4.69, 9.17) is 10.1 Å². The van der Waals surface area contributed by atoms with Gasteiger partial charge < -0.3 is 10.4 Å². The van der Waals surface area contributed by atoms with E-state index in [1.807, 2.05) is 33.8 Å². The maximum Gasteiger partial charge on any atom is 0.322 e. The largest absolute Gasteiger partial charge is 0.480 e. The molecule has 3 aromatic rings. The number of aliphatic carboxylic acids is 1. The molecule has 3 heterocycles. The minimum absolute atomic E-state index is 0.0792. The lowest BCUT2D eigenvalue weighted by Crippen LogP contribution is -2.29. The minimum Gasteiger partial charge on any atom is -0.480 e. The summed E-state index contributed by atoms with van der Waals surface area (Å²) in [5, 5.41) is 16.2. The second-order valence-corrected chi connectivity index (χ2v) is 7.84. The third-order valence-electron chi connectivity index (χ3n) is 4.02. The Labute approximate surface area is 154 Å². The summed E-state index contributed by atoms with van der Waals surface area (Å²) in [6, 6.07) is 3.83. The Kier molecular flexibility index (Phi) is 4.78. The maximum atomic E-state index is 12.6. The van der Waals surface area contributed by atoms with Crippen molar-refractivity contribution in [1.82, 2.24) is 20.1 Å². The maximum absolute atomic E-state index is 12.6. The van der Waals surface area contributed by atoms with Gasteiger partial charge in [0.1, 0.15) is 6.54 Å². The monoisotopic (exact) mass is 372 g/mol. The fourth-order valence-electron chi connectivity index (χ4n) is 2.86. The van der Waals surface area contributed by atoms with Crippen LogP contribution in [0.4, 0.5) is 0 Å². The van der Waals surface area contributed by atoms with Crippen LogP contribution < -0.4 is 5.32 Å². The van der Waals surface area contributed by atoms with Crippen molar-refractivity contribution in [3.05, 3.63) is 33.6 Å². The summed E-state index contributed by atoms with van der Waals surface area (Å²) in [6.07, 6.45) is 1.60. The summed E-state index contributed by atoms with van der Waals surface area (Å²) in [4.78, 5) is 30.4. The highest BCUT2D eigenvalue weighted by Crippen LogP contribution is 2.32. The second kappa shape index (κ2) is 6.87. The zero-order chi connectivity index (χ0) is 19.0. The van der Waals surface area contributed by atoms with Crippen LogP contribution in [0.5, 0.6) is 0 Å². The minimum atomic E-state index is -1.09. The van der Waals surface area contributed by atoms with E-state index in [0.717, 1.165) is 15.3 Å². The average Bonchev–Trinajstić information content (AvgIpc) is 3.14. The van der Waals surface area contributed by atoms with E-state index in [2.05, 4.69) is 10.4 Å². The SMILES string of the molecule is Cc1cc(-c2cc(C(=O)NCC(=O)O)c3cnn(C(C)C)c3n2)c(C)s1. The van der Waals surface area contributed by atoms with Gasteiger partial charge in [-0.05, 0) is 39.8 Å². The number of hydrogen-bond acceptors (Lipinski definition) is 5. The quantitative estimate of drug-likeness (QED) is 0.717. The predicted molar refractivity (Wildman–Crippen MR) is 101 cm³/mol. The fraction of sp³-hybridized carbons (Fsp3) is 0.333. The Bertz CT molecular complexity index is 1000. The molecule has 0 saturated heterocycles. The molecule has 3 aromatic heterocycles. The fourth-order valence-corrected chi connectivity index (χ4v) is 3.79. The summed E-state index contributed by atoms with van der Waals surface area (Å²) < 4.78 is 1.77. The van der Waals surface area contributed by atoms with Crippen LogP contribution in [0.25, 0.3) is 22.3 Å². The van der Waals surface area contributed by atoms with E-state index in [0.29, 0.717) is 22.3 Å². The highest BCUT2D eigenvalue weighted by molar-refractivity contribution is 7.12. The molecule has 0 bridgehead atoms. The number of hydrogen-bond donors (Lipinski definition) is 2. The summed E-state index contributed by atoms with van der Waals surface area (Å²) in [5.74, 6) is -1.54. The van der Waals surface area contributed by atoms with Gasteiger partial charge in [-0.3, -0.25) is 9.59 Å². The van der Waals surface area contributed by atoms with E-state index in [1.165, 1.54) is 0 Å². The number of thiophene rings is 1. The van der Waals surface area contributed by atoms with Crippen LogP contribution in [-0.2, 0) is 4.79 Å². The van der Waals surface area contributed by atoms with Gasteiger partial charge in [0.15, 0.2) is 5.65 Å². The Morgan fingerprint density at radius 1 is 1.31 bits per heavy atom. The number of carbonyl (C=O) groups is 2. The summed E-state index contributed by atoms with van der Waals surface area (Å²) in [7, 11) is 0. The topological polar surface area (TPSA) is 97.1 Å². The molecule has 7 nitrogen and oxygen atoms in total. The molecule has 26 heavy (non-hydrogen) atoms. The number of rotatable bonds is 5. The van der Waals surface area contributed by atoms with Crippen LogP contribution >= 0.6 is 11.3 Å². The highest BCUT2D eigenvalue weighted by atomic mass is 32.1. The van der Waals surface area contributed by atoms with Crippen LogP contribution in [0.2, 0.25) is 0 Å². The molecule has 8 heteroatoms. The van der Waals surface area contributed by atoms with Crippen LogP contribution in [0.15, 0.2) is 18.3 Å². The first-order valence-electron chi connectivity index (χ1n) is 8.23. The molecule has 136 valence electrons. The van der Waals surface area contributed by atoms with Gasteiger partial charge in [-0.1, -0.05) is 0 Å². The Balaban J connectivity index is 2.20. The lowest BCUT2D eigenvalue weighted by molar-refractivity contribution is -0.135. The Hall–Kier alpha value is -2.74. The van der Waals surface area contributed by atoms with Crippen molar-refractivity contribution in [1.29, 1.82) is 0 Å². The Morgan fingerprint density at radius 2 is 2.04 bits per heavy atom. The lowest BCUT2D eigenvalue weighted by Gasteiger charge is -2.10. The normalized spacial score (nSPS) is 11.3. The number of pyridine rings is 1. The van der Waals surface area contributed by atoms with Gasteiger partial charge in [0, 0.05) is 21.4 Å². The molecule has 0 saturated carbocycles. The number of aryl methyl sites for hydroxylation is 2. The molecular formula is C18H20N4O3S. The second-order valence-electron chi connectivity index (χ2n) is 6.38. The molecule has 0 aliphatic rings. The standard InChI is InChI=1S/C18H20N4O3S/c1-9(2)22-17-14(7-20-22)13(18(25)19-8-16(23)24)6-15(21-17)12-5-10(3)26-11(12)4/h5-7,9H,8H2,1-4H3,(H,19,25)(H,23,24). The number of carboxylic acids is 1. The van der Waals surface area contributed by atoms with Gasteiger partial charge in [-0.15, -0.1) is 11.3 Å². The van der Waals surface area contributed by atoms with Gasteiger partial charge in [-0.2, -0.15) is 5.10 Å². The van der Waals surface area contributed by atoms with E-state index in [1.54, 1.807) is 28.3 Å². The highest BCUT2D eigenvalue weighted by Gasteiger charge is 2.20. The number of carboxylic acid groups (broad SMARTS) is 1. The number of aromatic nitrogens is 3. The van der Waals surface area contributed by atoms with Crippen LogP contribution in [-0.4, -0.2) is 38.3 Å². The van der Waals surface area contributed by atoms with E-state index in [-0.39, 0.29) is 6.04 Å². The predicted octanol–water partition coefficient (Wildman–Crippen LogP) is 3.17. The van der Waals surface area contributed by atoms with Crippen molar-refractivity contribution >= 4 is 34.2 Å². The molecular weight excluding hydrogens is 352 g/mol. The molecule has 0 aromatic carbocycles. The smallest absolute Gasteiger partial charge is 0.322 e. The molecule has 1 amide bonds. The Morgan fingerprint density at radius 3 is 2.62 bits per heavy atom. The number of amides is 1. The third-order valence-corrected chi connectivity index (χ3v) is 4.98. The molecule has 0 aliphatic heterocycles. The summed E-state index contributed by atoms with van der Waals surface area (Å²) in [5.41, 5.74) is 2.64. The van der Waals surface area contributed by atoms with Gasteiger partial charge in [-0.25, -0.2) is 9.67 Å². The first-order chi connectivity index (χ1) is 12.3. The van der Waals surface area contributed by atoms with E-state index in [9.17, 15) is 9.59 Å². The number of carbonyl (C=O) groups excluding carboxylic acids is 1. The average molecular weight is 372 g/mol. The molecule has 0 radical (unpaired) electrons. The van der Waals surface area contributed by atoms with Gasteiger partial charge >= 0.3 is 5.97 Å². The number of nitrogens with one attached hydrogen (secondary N) is 1. The molecule has 3 rings (SSSR count). The first-order valence-corrected chi connectivity index (χ1v) is 9.05. The van der Waals surface area contributed by atoms with Crippen molar-refractivity contribution in [3.63, 3.8) is 0 Å². The summed E-state index contributed by atoms with van der Waals surface area (Å²) >= 11 is 1.67.